The highest BCUT2D eigenvalue weighted by Gasteiger charge is 2.19. The first kappa shape index (κ1) is 25.5. The van der Waals surface area contributed by atoms with Gasteiger partial charge in [0.05, 0.1) is 18.6 Å². The van der Waals surface area contributed by atoms with E-state index in [2.05, 4.69) is 10.3 Å². The van der Waals surface area contributed by atoms with Crippen LogP contribution >= 0.6 is 0 Å². The summed E-state index contributed by atoms with van der Waals surface area (Å²) in [7, 11) is 0. The van der Waals surface area contributed by atoms with Gasteiger partial charge in [0.1, 0.15) is 17.6 Å². The number of allylic oxidation sites excluding steroid dienone is 2. The zero-order valence-corrected chi connectivity index (χ0v) is 20.6. The molecule has 1 atom stereocenters. The second kappa shape index (κ2) is 11.9. The minimum Gasteiger partial charge on any atom is -0.493 e. The van der Waals surface area contributed by atoms with Crippen molar-refractivity contribution in [3.05, 3.63) is 108 Å². The second-order valence-corrected chi connectivity index (χ2v) is 8.54. The van der Waals surface area contributed by atoms with Crippen LogP contribution in [0, 0.1) is 6.92 Å². The Morgan fingerprint density at radius 1 is 1.08 bits per heavy atom. The van der Waals surface area contributed by atoms with Gasteiger partial charge in [0.2, 0.25) is 11.7 Å². The normalized spacial score (nSPS) is 12.2. The fraction of sp³-hybridized carbons (Fsp3) is 0.207. The van der Waals surface area contributed by atoms with Gasteiger partial charge in [-0.2, -0.15) is 0 Å². The molecule has 2 aromatic carbocycles. The Morgan fingerprint density at radius 2 is 1.84 bits per heavy atom. The number of benzene rings is 2. The van der Waals surface area contributed by atoms with Crippen molar-refractivity contribution < 1.29 is 28.3 Å². The zero-order chi connectivity index (χ0) is 26.2. The summed E-state index contributed by atoms with van der Waals surface area (Å²) < 4.78 is 16.7. The number of nitrogens with zero attached hydrogens (tertiary/aromatic N) is 1. The summed E-state index contributed by atoms with van der Waals surface area (Å²) in [6.45, 7) is 3.96. The molecule has 0 amide bonds. The van der Waals surface area contributed by atoms with Crippen LogP contribution in [0.4, 0.5) is 0 Å². The monoisotopic (exact) mass is 500 g/mol. The number of rotatable bonds is 12. The number of aromatic nitrogens is 1. The molecule has 0 saturated carbocycles. The molecule has 0 bridgehead atoms. The predicted octanol–water partition coefficient (Wildman–Crippen LogP) is 5.24. The SMILES string of the molecule is C/C(=C/C(=O)c1ccco1)N[C@@H](Cc1ccc(OCCc2nc(-c3ccccc3)oc2C)cc1)C(=O)O. The standard InChI is InChI=1S/C29H28N2O6/c1-19(17-26(32)27-9-6-15-36-27)30-25(29(33)34)18-21-10-12-23(13-11-21)35-16-14-24-20(2)37-28(31-24)22-7-4-3-5-8-22/h3-13,15,17,25,30H,14,16,18H2,1-2H3,(H,33,34)/b19-17-/t25-/m0/s1. The lowest BCUT2D eigenvalue weighted by Crippen LogP contribution is -2.37. The van der Waals surface area contributed by atoms with E-state index in [1.165, 1.54) is 12.3 Å². The molecule has 0 aliphatic carbocycles. The lowest BCUT2D eigenvalue weighted by Gasteiger charge is -2.16. The van der Waals surface area contributed by atoms with Gasteiger partial charge in [0.15, 0.2) is 5.76 Å². The maximum absolute atomic E-state index is 12.1. The van der Waals surface area contributed by atoms with E-state index >= 15 is 0 Å². The van der Waals surface area contributed by atoms with E-state index in [4.69, 9.17) is 13.6 Å². The number of hydrogen-bond donors (Lipinski definition) is 2. The zero-order valence-electron chi connectivity index (χ0n) is 20.6. The lowest BCUT2D eigenvalue weighted by molar-refractivity contribution is -0.139. The van der Waals surface area contributed by atoms with Crippen LogP contribution in [0.1, 0.15) is 34.5 Å². The van der Waals surface area contributed by atoms with Gasteiger partial charge in [0, 0.05) is 30.2 Å². The summed E-state index contributed by atoms with van der Waals surface area (Å²) in [5.74, 6) is 0.871. The van der Waals surface area contributed by atoms with Crippen LogP contribution in [0.2, 0.25) is 0 Å². The Labute approximate surface area is 214 Å². The van der Waals surface area contributed by atoms with E-state index in [9.17, 15) is 14.7 Å². The molecule has 8 nitrogen and oxygen atoms in total. The molecule has 4 aromatic rings. The van der Waals surface area contributed by atoms with Crippen molar-refractivity contribution in [2.24, 2.45) is 0 Å². The van der Waals surface area contributed by atoms with E-state index in [1.54, 1.807) is 19.1 Å². The van der Waals surface area contributed by atoms with Gasteiger partial charge in [-0.15, -0.1) is 0 Å². The number of carbonyl (C=O) groups excluding carboxylic acids is 1. The van der Waals surface area contributed by atoms with Crippen LogP contribution in [0.25, 0.3) is 11.5 Å². The van der Waals surface area contributed by atoms with Gasteiger partial charge in [-0.3, -0.25) is 4.79 Å². The molecule has 0 radical (unpaired) electrons. The summed E-state index contributed by atoms with van der Waals surface area (Å²) >= 11 is 0. The first-order valence-corrected chi connectivity index (χ1v) is 11.9. The number of oxazole rings is 1. The fourth-order valence-electron chi connectivity index (χ4n) is 3.79. The molecule has 0 aliphatic heterocycles. The van der Waals surface area contributed by atoms with Crippen molar-refractivity contribution in [3.8, 4) is 17.2 Å². The van der Waals surface area contributed by atoms with Gasteiger partial charge < -0.3 is 24.0 Å². The van der Waals surface area contributed by atoms with Crippen molar-refractivity contribution in [1.82, 2.24) is 10.3 Å². The Hall–Kier alpha value is -4.59. The van der Waals surface area contributed by atoms with Crippen LogP contribution in [-0.2, 0) is 17.6 Å². The minimum atomic E-state index is -1.02. The number of furan rings is 1. The lowest BCUT2D eigenvalue weighted by atomic mass is 10.1. The van der Waals surface area contributed by atoms with Crippen LogP contribution in [-0.4, -0.2) is 34.5 Å². The topological polar surface area (TPSA) is 115 Å². The number of hydrogen-bond acceptors (Lipinski definition) is 7. The molecule has 8 heteroatoms. The number of carboxylic acid groups (broad SMARTS) is 1. The van der Waals surface area contributed by atoms with Gasteiger partial charge in [-0.25, -0.2) is 9.78 Å². The molecule has 190 valence electrons. The van der Waals surface area contributed by atoms with Crippen LogP contribution < -0.4 is 10.1 Å². The smallest absolute Gasteiger partial charge is 0.326 e. The third-order valence-electron chi connectivity index (χ3n) is 5.70. The molecule has 37 heavy (non-hydrogen) atoms. The van der Waals surface area contributed by atoms with E-state index < -0.39 is 12.0 Å². The van der Waals surface area contributed by atoms with Crippen molar-refractivity contribution >= 4 is 11.8 Å². The van der Waals surface area contributed by atoms with E-state index in [-0.39, 0.29) is 18.0 Å². The molecule has 4 rings (SSSR count). The van der Waals surface area contributed by atoms with Crippen LogP contribution in [0.5, 0.6) is 5.75 Å². The van der Waals surface area contributed by atoms with Gasteiger partial charge >= 0.3 is 5.97 Å². The molecule has 0 aliphatic rings. The molecule has 0 unspecified atom stereocenters. The Bertz CT molecular complexity index is 1360. The fourth-order valence-corrected chi connectivity index (χ4v) is 3.79. The highest BCUT2D eigenvalue weighted by atomic mass is 16.5. The van der Waals surface area contributed by atoms with Crippen molar-refractivity contribution in [2.75, 3.05) is 6.61 Å². The molecule has 2 N–H and O–H groups in total. The quantitative estimate of drug-likeness (QED) is 0.201. The summed E-state index contributed by atoms with van der Waals surface area (Å²) in [5, 5.41) is 12.5. The van der Waals surface area contributed by atoms with E-state index in [1.807, 2.05) is 61.5 Å². The second-order valence-electron chi connectivity index (χ2n) is 8.54. The highest BCUT2D eigenvalue weighted by Crippen LogP contribution is 2.22. The van der Waals surface area contributed by atoms with Crippen molar-refractivity contribution in [3.63, 3.8) is 0 Å². The first-order valence-electron chi connectivity index (χ1n) is 11.9. The number of aliphatic carboxylic acids is 1. The minimum absolute atomic E-state index is 0.193. The third-order valence-corrected chi connectivity index (χ3v) is 5.70. The van der Waals surface area contributed by atoms with Gasteiger partial charge in [-0.1, -0.05) is 30.3 Å². The van der Waals surface area contributed by atoms with Crippen LogP contribution in [0.15, 0.2) is 93.6 Å². The van der Waals surface area contributed by atoms with Gasteiger partial charge in [-0.05, 0) is 55.8 Å². The summed E-state index contributed by atoms with van der Waals surface area (Å²) in [5.41, 5.74) is 3.03. The molecule has 2 heterocycles. The Balaban J connectivity index is 1.30. The summed E-state index contributed by atoms with van der Waals surface area (Å²) in [4.78, 5) is 28.5. The van der Waals surface area contributed by atoms with E-state index in [0.717, 1.165) is 22.6 Å². The Morgan fingerprint density at radius 3 is 2.51 bits per heavy atom. The number of aryl methyl sites for hydroxylation is 1. The number of carboxylic acids is 1. The Kier molecular flexibility index (Phi) is 8.20. The summed E-state index contributed by atoms with van der Waals surface area (Å²) in [6.07, 6.45) is 3.56. The highest BCUT2D eigenvalue weighted by molar-refractivity contribution is 6.02. The number of ether oxygens (including phenoxy) is 1. The molecular weight excluding hydrogens is 472 g/mol. The number of carbonyl (C=O) groups is 2. The number of ketones is 1. The van der Waals surface area contributed by atoms with Crippen molar-refractivity contribution in [2.45, 2.75) is 32.7 Å². The molecule has 0 saturated heterocycles. The molecule has 0 fully saturated rings. The van der Waals surface area contributed by atoms with Crippen LogP contribution in [0.3, 0.4) is 0 Å². The average Bonchev–Trinajstić information content (AvgIpc) is 3.56. The maximum Gasteiger partial charge on any atom is 0.326 e. The first-order chi connectivity index (χ1) is 17.9. The molecular formula is C29H28N2O6. The van der Waals surface area contributed by atoms with Gasteiger partial charge in [0.25, 0.3) is 0 Å². The largest absolute Gasteiger partial charge is 0.493 e. The maximum atomic E-state index is 12.1. The third kappa shape index (κ3) is 6.98. The number of nitrogens with one attached hydrogen (secondary N) is 1. The van der Waals surface area contributed by atoms with E-state index in [0.29, 0.717) is 30.4 Å². The molecule has 0 spiro atoms. The average molecular weight is 501 g/mol. The van der Waals surface area contributed by atoms with Crippen molar-refractivity contribution in [1.29, 1.82) is 0 Å². The summed E-state index contributed by atoms with van der Waals surface area (Å²) in [6, 6.07) is 19.3. The predicted molar refractivity (Wildman–Crippen MR) is 137 cm³/mol. The molecule has 2 aromatic heterocycles.